The third-order valence-corrected chi connectivity index (χ3v) is 5.21. The maximum absolute atomic E-state index is 11.7. The van der Waals surface area contributed by atoms with Crippen molar-refractivity contribution in [1.29, 1.82) is 0 Å². The zero-order chi connectivity index (χ0) is 17.6. The number of thiophene rings is 1. The highest BCUT2D eigenvalue weighted by Gasteiger charge is 2.14. The van der Waals surface area contributed by atoms with Crippen molar-refractivity contribution in [2.24, 2.45) is 0 Å². The maximum Gasteiger partial charge on any atom is 0.306 e. The quantitative estimate of drug-likeness (QED) is 0.671. The highest BCUT2D eigenvalue weighted by Crippen LogP contribution is 2.22. The smallest absolute Gasteiger partial charge is 0.306 e. The summed E-state index contributed by atoms with van der Waals surface area (Å²) < 4.78 is 5.96. The first-order chi connectivity index (χ1) is 12.1. The molecule has 1 aromatic carbocycles. The van der Waals surface area contributed by atoms with Gasteiger partial charge in [-0.15, -0.1) is 22.7 Å². The van der Waals surface area contributed by atoms with Crippen molar-refractivity contribution in [2.45, 2.75) is 12.8 Å². The summed E-state index contributed by atoms with van der Waals surface area (Å²) in [4.78, 5) is 39.9. The van der Waals surface area contributed by atoms with Crippen LogP contribution in [-0.4, -0.2) is 29.4 Å². The van der Waals surface area contributed by atoms with E-state index in [1.165, 1.54) is 22.7 Å². The van der Waals surface area contributed by atoms with E-state index in [1.807, 2.05) is 24.3 Å². The zero-order valence-electron chi connectivity index (χ0n) is 13.1. The van der Waals surface area contributed by atoms with E-state index in [-0.39, 0.29) is 6.42 Å². The van der Waals surface area contributed by atoms with Crippen molar-refractivity contribution >= 4 is 50.7 Å². The molecule has 0 aliphatic heterocycles. The fraction of sp³-hybridized carbons (Fsp3) is 0.176. The average molecular weight is 374 g/mol. The van der Waals surface area contributed by atoms with Crippen LogP contribution in [0.3, 0.4) is 0 Å². The maximum atomic E-state index is 11.7. The van der Waals surface area contributed by atoms with Gasteiger partial charge in [0.2, 0.25) is 0 Å². The van der Waals surface area contributed by atoms with Crippen molar-refractivity contribution in [3.05, 3.63) is 51.7 Å². The minimum atomic E-state index is -0.647. The number of nitrogens with one attached hydrogen (secondary N) is 1. The van der Waals surface area contributed by atoms with E-state index in [9.17, 15) is 14.4 Å². The second-order valence-electron chi connectivity index (χ2n) is 5.09. The standard InChI is InChI=1S/C17H14N2O4S2/c20-14(19-17(22)13-6-3-9-24-13)10-23-16(21)8-7-15-18-11-4-1-2-5-12(11)25-15/h1-6,9H,7-8,10H2,(H,19,20,22). The van der Waals surface area contributed by atoms with Crippen molar-refractivity contribution in [2.75, 3.05) is 6.61 Å². The number of amides is 2. The Bertz CT molecular complexity index is 869. The molecule has 0 unspecified atom stereocenters. The molecule has 0 saturated heterocycles. The molecule has 3 rings (SSSR count). The summed E-state index contributed by atoms with van der Waals surface area (Å²) in [6.45, 7) is -0.476. The molecule has 8 heteroatoms. The van der Waals surface area contributed by atoms with Gasteiger partial charge in [0.1, 0.15) is 0 Å². The van der Waals surface area contributed by atoms with Gasteiger partial charge in [-0.3, -0.25) is 19.7 Å². The number of hydrogen-bond donors (Lipinski definition) is 1. The van der Waals surface area contributed by atoms with Crippen LogP contribution in [0.5, 0.6) is 0 Å². The van der Waals surface area contributed by atoms with Crippen LogP contribution in [0.1, 0.15) is 21.1 Å². The Labute approximate surface area is 151 Å². The molecule has 6 nitrogen and oxygen atoms in total. The van der Waals surface area contributed by atoms with Crippen LogP contribution in [-0.2, 0) is 20.7 Å². The number of hydrogen-bond acceptors (Lipinski definition) is 7. The van der Waals surface area contributed by atoms with Crippen LogP contribution < -0.4 is 5.32 Å². The average Bonchev–Trinajstić information content (AvgIpc) is 3.27. The predicted molar refractivity (Wildman–Crippen MR) is 95.7 cm³/mol. The molecule has 2 amide bonds. The molecule has 2 heterocycles. The van der Waals surface area contributed by atoms with Gasteiger partial charge in [-0.05, 0) is 23.6 Å². The van der Waals surface area contributed by atoms with Crippen LogP contribution in [0, 0.1) is 0 Å². The fourth-order valence-electron chi connectivity index (χ4n) is 2.09. The number of imide groups is 1. The second kappa shape index (κ2) is 8.00. The molecule has 2 aromatic heterocycles. The van der Waals surface area contributed by atoms with Crippen LogP contribution in [0.25, 0.3) is 10.2 Å². The summed E-state index contributed by atoms with van der Waals surface area (Å²) in [6, 6.07) is 11.1. The Morgan fingerprint density at radius 1 is 1.12 bits per heavy atom. The first-order valence-electron chi connectivity index (χ1n) is 7.49. The number of rotatable bonds is 6. The Hall–Kier alpha value is -2.58. The van der Waals surface area contributed by atoms with E-state index in [4.69, 9.17) is 4.74 Å². The zero-order valence-corrected chi connectivity index (χ0v) is 14.7. The van der Waals surface area contributed by atoms with Crippen LogP contribution >= 0.6 is 22.7 Å². The first-order valence-corrected chi connectivity index (χ1v) is 9.19. The Kier molecular flexibility index (Phi) is 5.52. The second-order valence-corrected chi connectivity index (χ2v) is 7.15. The van der Waals surface area contributed by atoms with Gasteiger partial charge in [0.05, 0.1) is 26.5 Å². The number of aromatic nitrogens is 1. The number of fused-ring (bicyclic) bond motifs is 1. The van der Waals surface area contributed by atoms with Gasteiger partial charge in [-0.1, -0.05) is 18.2 Å². The molecule has 0 spiro atoms. The van der Waals surface area contributed by atoms with Crippen molar-refractivity contribution in [1.82, 2.24) is 10.3 Å². The van der Waals surface area contributed by atoms with Crippen molar-refractivity contribution < 1.29 is 19.1 Å². The molecular weight excluding hydrogens is 360 g/mol. The molecular formula is C17H14N2O4S2. The number of carbonyl (C=O) groups excluding carboxylic acids is 3. The van der Waals surface area contributed by atoms with E-state index in [0.717, 1.165) is 15.2 Å². The highest BCUT2D eigenvalue weighted by atomic mass is 32.1. The lowest BCUT2D eigenvalue weighted by Crippen LogP contribution is -2.33. The third kappa shape index (κ3) is 4.71. The first kappa shape index (κ1) is 17.2. The molecule has 1 N–H and O–H groups in total. The summed E-state index contributed by atoms with van der Waals surface area (Å²) in [5, 5.41) is 4.75. The summed E-state index contributed by atoms with van der Waals surface area (Å²) >= 11 is 2.76. The minimum absolute atomic E-state index is 0.131. The molecule has 0 bridgehead atoms. The topological polar surface area (TPSA) is 85.4 Å². The number of ether oxygens (including phenoxy) is 1. The number of aryl methyl sites for hydroxylation is 1. The lowest BCUT2D eigenvalue weighted by atomic mass is 10.3. The van der Waals surface area contributed by atoms with Crippen LogP contribution in [0.15, 0.2) is 41.8 Å². The monoisotopic (exact) mass is 374 g/mol. The Morgan fingerprint density at radius 2 is 1.96 bits per heavy atom. The normalized spacial score (nSPS) is 10.6. The van der Waals surface area contributed by atoms with Crippen LogP contribution in [0.2, 0.25) is 0 Å². The minimum Gasteiger partial charge on any atom is -0.456 e. The molecule has 0 radical (unpaired) electrons. The molecule has 25 heavy (non-hydrogen) atoms. The van der Waals surface area contributed by atoms with Gasteiger partial charge >= 0.3 is 5.97 Å². The Balaban J connectivity index is 1.41. The number of benzene rings is 1. The summed E-state index contributed by atoms with van der Waals surface area (Å²) in [7, 11) is 0. The van der Waals surface area contributed by atoms with Gasteiger partial charge in [0.25, 0.3) is 11.8 Å². The summed E-state index contributed by atoms with van der Waals surface area (Å²) in [5.74, 6) is -1.64. The number of carbonyl (C=O) groups is 3. The molecule has 3 aromatic rings. The van der Waals surface area contributed by atoms with E-state index in [1.54, 1.807) is 17.5 Å². The number of thiazole rings is 1. The number of esters is 1. The Morgan fingerprint density at radius 3 is 2.72 bits per heavy atom. The van der Waals surface area contributed by atoms with E-state index < -0.39 is 24.4 Å². The third-order valence-electron chi connectivity index (χ3n) is 3.24. The van der Waals surface area contributed by atoms with E-state index >= 15 is 0 Å². The van der Waals surface area contributed by atoms with Gasteiger partial charge in [0, 0.05) is 6.42 Å². The largest absolute Gasteiger partial charge is 0.456 e. The molecule has 128 valence electrons. The number of nitrogens with zero attached hydrogens (tertiary/aromatic N) is 1. The molecule has 0 atom stereocenters. The highest BCUT2D eigenvalue weighted by molar-refractivity contribution is 7.18. The fourth-order valence-corrected chi connectivity index (χ4v) is 3.67. The predicted octanol–water partition coefficient (Wildman–Crippen LogP) is 2.79. The molecule has 0 aliphatic carbocycles. The molecule has 0 saturated carbocycles. The lowest BCUT2D eigenvalue weighted by Gasteiger charge is -2.04. The molecule has 0 aliphatic rings. The summed E-state index contributed by atoms with van der Waals surface area (Å²) in [5.41, 5.74) is 0.905. The van der Waals surface area contributed by atoms with Crippen molar-refractivity contribution in [3.8, 4) is 0 Å². The van der Waals surface area contributed by atoms with E-state index in [0.29, 0.717) is 11.3 Å². The van der Waals surface area contributed by atoms with Crippen molar-refractivity contribution in [3.63, 3.8) is 0 Å². The lowest BCUT2D eigenvalue weighted by molar-refractivity contribution is -0.148. The van der Waals surface area contributed by atoms with Crippen LogP contribution in [0.4, 0.5) is 0 Å². The van der Waals surface area contributed by atoms with E-state index in [2.05, 4.69) is 10.3 Å². The molecule has 0 fully saturated rings. The van der Waals surface area contributed by atoms with Gasteiger partial charge in [0.15, 0.2) is 6.61 Å². The number of para-hydroxylation sites is 1. The van der Waals surface area contributed by atoms with Gasteiger partial charge in [-0.25, -0.2) is 4.98 Å². The van der Waals surface area contributed by atoms with Gasteiger partial charge < -0.3 is 4.74 Å². The SMILES string of the molecule is O=C(COC(=O)CCc1nc2ccccc2s1)NC(=O)c1cccs1. The van der Waals surface area contributed by atoms with Gasteiger partial charge in [-0.2, -0.15) is 0 Å². The summed E-state index contributed by atoms with van der Waals surface area (Å²) in [6.07, 6.45) is 0.583.